The lowest BCUT2D eigenvalue weighted by molar-refractivity contribution is -0.119. The molecule has 5 heteroatoms. The minimum absolute atomic E-state index is 0.00186. The second-order valence-corrected chi connectivity index (χ2v) is 15.3. The Labute approximate surface area is 185 Å². The van der Waals surface area contributed by atoms with Crippen molar-refractivity contribution in [3.8, 4) is 5.75 Å². The highest BCUT2D eigenvalue weighted by Crippen LogP contribution is 2.48. The number of allylic oxidation sites excluding steroid dienone is 1. The number of benzene rings is 1. The fourth-order valence-corrected chi connectivity index (χ4v) is 5.45. The van der Waals surface area contributed by atoms with Crippen LogP contribution < -0.4 is 4.74 Å². The summed E-state index contributed by atoms with van der Waals surface area (Å²) in [6, 6.07) is 5.92. The van der Waals surface area contributed by atoms with E-state index in [-0.39, 0.29) is 28.8 Å². The van der Waals surface area contributed by atoms with Gasteiger partial charge in [-0.05, 0) is 54.0 Å². The van der Waals surface area contributed by atoms with Gasteiger partial charge in [0.2, 0.25) is 0 Å². The van der Waals surface area contributed by atoms with E-state index in [1.54, 1.807) is 6.08 Å². The second kappa shape index (κ2) is 9.32. The van der Waals surface area contributed by atoms with Crippen LogP contribution in [0.25, 0.3) is 0 Å². The largest absolute Gasteiger partial charge is 0.488 e. The summed E-state index contributed by atoms with van der Waals surface area (Å²) >= 11 is 3.59. The van der Waals surface area contributed by atoms with Crippen LogP contribution in [0, 0.1) is 5.92 Å². The van der Waals surface area contributed by atoms with Crippen molar-refractivity contribution in [3.05, 3.63) is 52.5 Å². The van der Waals surface area contributed by atoms with Gasteiger partial charge in [-0.15, -0.1) is 0 Å². The Morgan fingerprint density at radius 2 is 1.97 bits per heavy atom. The predicted octanol–water partition coefficient (Wildman–Crippen LogP) is 7.04. The summed E-state index contributed by atoms with van der Waals surface area (Å²) in [5.74, 6) is 0.683. The van der Waals surface area contributed by atoms with Gasteiger partial charge in [0, 0.05) is 17.9 Å². The zero-order valence-electron chi connectivity index (χ0n) is 18.8. The molecule has 1 aromatic carbocycles. The quantitative estimate of drug-likeness (QED) is 0.311. The van der Waals surface area contributed by atoms with Crippen LogP contribution >= 0.6 is 15.9 Å². The maximum Gasteiger partial charge on any atom is 0.192 e. The lowest BCUT2D eigenvalue weighted by atomic mass is 9.86. The monoisotopic (exact) mass is 478 g/mol. The number of Topliss-reactive ketones (excluding diaryl/α,β-unsaturated/α-hetero) is 1. The van der Waals surface area contributed by atoms with Gasteiger partial charge in [-0.1, -0.05) is 57.2 Å². The molecule has 0 N–H and O–H groups in total. The second-order valence-electron chi connectivity index (χ2n) is 9.64. The molecule has 3 nitrogen and oxygen atoms in total. The Morgan fingerprint density at radius 3 is 2.52 bits per heavy atom. The molecule has 0 aliphatic heterocycles. The molecular formula is C24H35BrO3Si. The summed E-state index contributed by atoms with van der Waals surface area (Å²) in [5, 5.41) is 0.0949. The number of carbonyl (C=O) groups is 1. The van der Waals surface area contributed by atoms with Crippen LogP contribution in [0.2, 0.25) is 18.1 Å². The SMILES string of the molecule is C=CCOc1c(Br)cccc1[C@H]1C(=O)C[C@@H](O[Si](C)(C)C(C)(C)C)[C@@H]1C=C(C)C. The molecule has 29 heavy (non-hydrogen) atoms. The lowest BCUT2D eigenvalue weighted by Gasteiger charge is -2.39. The van der Waals surface area contributed by atoms with E-state index in [4.69, 9.17) is 9.16 Å². The number of halogens is 1. The third-order valence-corrected chi connectivity index (χ3v) is 11.1. The van der Waals surface area contributed by atoms with Gasteiger partial charge in [-0.25, -0.2) is 0 Å². The van der Waals surface area contributed by atoms with Crippen molar-refractivity contribution < 1.29 is 14.0 Å². The highest BCUT2D eigenvalue weighted by molar-refractivity contribution is 9.10. The molecule has 0 amide bonds. The van der Waals surface area contributed by atoms with Crippen molar-refractivity contribution in [3.63, 3.8) is 0 Å². The summed E-state index contributed by atoms with van der Waals surface area (Å²) in [5.41, 5.74) is 2.12. The van der Waals surface area contributed by atoms with Gasteiger partial charge in [-0.3, -0.25) is 4.79 Å². The van der Waals surface area contributed by atoms with Crippen LogP contribution in [0.1, 0.15) is 52.5 Å². The molecule has 2 rings (SSSR count). The van der Waals surface area contributed by atoms with E-state index in [2.05, 4.69) is 76.3 Å². The molecule has 0 heterocycles. The highest BCUT2D eigenvalue weighted by Gasteiger charge is 2.48. The maximum absolute atomic E-state index is 13.3. The molecule has 1 fully saturated rings. The van der Waals surface area contributed by atoms with Crippen LogP contribution in [-0.2, 0) is 9.22 Å². The van der Waals surface area contributed by atoms with Crippen LogP contribution in [0.5, 0.6) is 5.75 Å². The van der Waals surface area contributed by atoms with E-state index < -0.39 is 8.32 Å². The van der Waals surface area contributed by atoms with Crippen LogP contribution in [-0.4, -0.2) is 26.8 Å². The summed E-state index contributed by atoms with van der Waals surface area (Å²) in [6.07, 6.45) is 4.27. The molecule has 3 atom stereocenters. The summed E-state index contributed by atoms with van der Waals surface area (Å²) in [7, 11) is -2.00. The Bertz CT molecular complexity index is 788. The normalized spacial score (nSPS) is 22.5. The minimum Gasteiger partial charge on any atom is -0.488 e. The fraction of sp³-hybridized carbons (Fsp3) is 0.542. The van der Waals surface area contributed by atoms with E-state index in [1.807, 2.05) is 18.2 Å². The van der Waals surface area contributed by atoms with Crippen molar-refractivity contribution in [1.29, 1.82) is 0 Å². The van der Waals surface area contributed by atoms with Gasteiger partial charge in [0.1, 0.15) is 18.1 Å². The molecule has 0 aromatic heterocycles. The lowest BCUT2D eigenvalue weighted by Crippen LogP contribution is -2.44. The first kappa shape index (κ1) is 24.1. The van der Waals surface area contributed by atoms with Crippen molar-refractivity contribution in [2.75, 3.05) is 6.61 Å². The molecule has 1 saturated carbocycles. The fourth-order valence-electron chi connectivity index (χ4n) is 3.60. The van der Waals surface area contributed by atoms with Gasteiger partial charge in [0.05, 0.1) is 16.5 Å². The minimum atomic E-state index is -2.00. The van der Waals surface area contributed by atoms with E-state index in [9.17, 15) is 4.79 Å². The predicted molar refractivity (Wildman–Crippen MR) is 127 cm³/mol. The molecule has 1 aliphatic carbocycles. The number of carbonyl (C=O) groups excluding carboxylic acids is 1. The Morgan fingerprint density at radius 1 is 1.31 bits per heavy atom. The molecule has 1 aromatic rings. The van der Waals surface area contributed by atoms with Gasteiger partial charge in [0.25, 0.3) is 0 Å². The molecule has 0 spiro atoms. The van der Waals surface area contributed by atoms with Gasteiger partial charge in [-0.2, -0.15) is 0 Å². The van der Waals surface area contributed by atoms with Gasteiger partial charge < -0.3 is 9.16 Å². The molecule has 0 unspecified atom stereocenters. The van der Waals surface area contributed by atoms with Gasteiger partial charge in [0.15, 0.2) is 8.32 Å². The first-order valence-electron chi connectivity index (χ1n) is 10.3. The number of hydrogen-bond donors (Lipinski definition) is 0. The average Bonchev–Trinajstić information content (AvgIpc) is 2.86. The first-order chi connectivity index (χ1) is 13.4. The summed E-state index contributed by atoms with van der Waals surface area (Å²) in [6.45, 7) is 19.5. The average molecular weight is 480 g/mol. The van der Waals surface area contributed by atoms with Gasteiger partial charge >= 0.3 is 0 Å². The number of rotatable bonds is 7. The van der Waals surface area contributed by atoms with E-state index in [1.165, 1.54) is 5.57 Å². The number of ketones is 1. The Hall–Kier alpha value is -1.17. The zero-order valence-corrected chi connectivity index (χ0v) is 21.4. The first-order valence-corrected chi connectivity index (χ1v) is 14.0. The van der Waals surface area contributed by atoms with E-state index in [0.717, 1.165) is 15.8 Å². The van der Waals surface area contributed by atoms with Crippen molar-refractivity contribution in [1.82, 2.24) is 0 Å². The molecule has 0 radical (unpaired) electrons. The zero-order chi connectivity index (χ0) is 22.0. The maximum atomic E-state index is 13.3. The molecule has 1 aliphatic rings. The molecule has 0 bridgehead atoms. The van der Waals surface area contributed by atoms with Crippen molar-refractivity contribution in [2.45, 2.75) is 71.2 Å². The Kier molecular flexibility index (Phi) is 7.74. The summed E-state index contributed by atoms with van der Waals surface area (Å²) < 4.78 is 13.6. The molecule has 160 valence electrons. The molecular weight excluding hydrogens is 444 g/mol. The molecule has 0 saturated heterocycles. The van der Waals surface area contributed by atoms with Crippen molar-refractivity contribution >= 4 is 30.0 Å². The number of hydrogen-bond acceptors (Lipinski definition) is 3. The smallest absolute Gasteiger partial charge is 0.192 e. The third-order valence-electron chi connectivity index (χ3n) is 6.02. The number of para-hydroxylation sites is 1. The van der Waals surface area contributed by atoms with E-state index >= 15 is 0 Å². The van der Waals surface area contributed by atoms with Crippen molar-refractivity contribution in [2.24, 2.45) is 5.92 Å². The topological polar surface area (TPSA) is 35.5 Å². The third kappa shape index (κ3) is 5.50. The van der Waals surface area contributed by atoms with Crippen LogP contribution in [0.4, 0.5) is 0 Å². The van der Waals surface area contributed by atoms with Crippen LogP contribution in [0.15, 0.2) is 47.0 Å². The summed E-state index contributed by atoms with van der Waals surface area (Å²) in [4.78, 5) is 13.3. The van der Waals surface area contributed by atoms with Crippen LogP contribution in [0.3, 0.4) is 0 Å². The Balaban J connectivity index is 2.50. The highest BCUT2D eigenvalue weighted by atomic mass is 79.9. The number of ether oxygens (including phenoxy) is 1. The van der Waals surface area contributed by atoms with E-state index in [0.29, 0.717) is 13.0 Å². The standard InChI is InChI=1S/C24H35BrO3Si/c1-9-13-27-23-17(11-10-12-19(23)25)22-18(14-16(2)3)21(15-20(22)26)28-29(7,8)24(4,5)6/h9-12,14,18,21-22H,1,13,15H2,2-8H3/t18-,21+,22+/m0/s1.